The third kappa shape index (κ3) is 3.32. The van der Waals surface area contributed by atoms with Crippen molar-refractivity contribution in [2.24, 2.45) is 5.92 Å². The smallest absolute Gasteiger partial charge is 0.328 e. The van der Waals surface area contributed by atoms with Crippen LogP contribution in [-0.4, -0.2) is 29.1 Å². The first-order valence-electron chi connectivity index (χ1n) is 5.72. The normalized spacial score (nSPS) is 12.4. The number of carbonyl (C=O) groups excluding carboxylic acids is 1. The Morgan fingerprint density at radius 1 is 1.28 bits per heavy atom. The Morgan fingerprint density at radius 3 is 2.33 bits per heavy atom. The van der Waals surface area contributed by atoms with Crippen LogP contribution < -0.4 is 5.32 Å². The summed E-state index contributed by atoms with van der Waals surface area (Å²) in [6.07, 6.45) is 0. The van der Waals surface area contributed by atoms with Crippen molar-refractivity contribution in [2.45, 2.75) is 33.7 Å². The lowest BCUT2D eigenvalue weighted by molar-refractivity contribution is -0.142. The standard InChI is InChI=1S/C12H18ClN3O2/c1-6(2)9(12(17)18-5)16-11-10(13)14-7(3)8(4)15-11/h6,9H,1-5H3,(H,15,16). The third-order valence-corrected chi connectivity index (χ3v) is 2.94. The summed E-state index contributed by atoms with van der Waals surface area (Å²) in [5, 5.41) is 3.24. The van der Waals surface area contributed by atoms with Gasteiger partial charge in [0.2, 0.25) is 0 Å². The van der Waals surface area contributed by atoms with Gasteiger partial charge in [-0.3, -0.25) is 0 Å². The number of rotatable bonds is 4. The van der Waals surface area contributed by atoms with Gasteiger partial charge in [0.15, 0.2) is 11.0 Å². The number of carbonyl (C=O) groups is 1. The molecule has 0 aliphatic heterocycles. The summed E-state index contributed by atoms with van der Waals surface area (Å²) in [5.74, 6) is 0.113. The van der Waals surface area contributed by atoms with Gasteiger partial charge in [-0.2, -0.15) is 0 Å². The second-order valence-corrected chi connectivity index (χ2v) is 4.78. The Morgan fingerprint density at radius 2 is 1.83 bits per heavy atom. The molecule has 0 fully saturated rings. The summed E-state index contributed by atoms with van der Waals surface area (Å²) in [4.78, 5) is 20.1. The summed E-state index contributed by atoms with van der Waals surface area (Å²) in [7, 11) is 1.35. The Hall–Kier alpha value is -1.36. The minimum atomic E-state index is -0.496. The Bertz CT molecular complexity index is 449. The molecule has 1 atom stereocenters. The summed E-state index contributed by atoms with van der Waals surface area (Å²) >= 11 is 6.01. The Labute approximate surface area is 112 Å². The number of hydrogen-bond acceptors (Lipinski definition) is 5. The SMILES string of the molecule is COC(=O)C(Nc1nc(C)c(C)nc1Cl)C(C)C. The van der Waals surface area contributed by atoms with Crippen LogP contribution in [0.3, 0.4) is 0 Å². The van der Waals surface area contributed by atoms with Crippen LogP contribution >= 0.6 is 11.6 Å². The van der Waals surface area contributed by atoms with Gasteiger partial charge in [0.25, 0.3) is 0 Å². The summed E-state index contributed by atoms with van der Waals surface area (Å²) < 4.78 is 4.75. The van der Waals surface area contributed by atoms with E-state index in [4.69, 9.17) is 16.3 Å². The van der Waals surface area contributed by atoms with Gasteiger partial charge in [-0.1, -0.05) is 25.4 Å². The average molecular weight is 272 g/mol. The van der Waals surface area contributed by atoms with E-state index in [1.54, 1.807) is 0 Å². The molecular formula is C12H18ClN3O2. The number of esters is 1. The van der Waals surface area contributed by atoms with E-state index < -0.39 is 6.04 Å². The zero-order valence-electron chi connectivity index (χ0n) is 11.2. The number of aromatic nitrogens is 2. The molecule has 100 valence electrons. The molecule has 1 heterocycles. The van der Waals surface area contributed by atoms with E-state index in [0.29, 0.717) is 5.82 Å². The lowest BCUT2D eigenvalue weighted by Crippen LogP contribution is -2.36. The maximum absolute atomic E-state index is 11.6. The van der Waals surface area contributed by atoms with E-state index in [2.05, 4.69) is 15.3 Å². The maximum atomic E-state index is 11.6. The van der Waals surface area contributed by atoms with Crippen molar-refractivity contribution in [3.05, 3.63) is 16.5 Å². The monoisotopic (exact) mass is 271 g/mol. The number of nitrogens with zero attached hydrogens (tertiary/aromatic N) is 2. The van der Waals surface area contributed by atoms with E-state index >= 15 is 0 Å². The topological polar surface area (TPSA) is 64.1 Å². The first-order chi connectivity index (χ1) is 8.36. The van der Waals surface area contributed by atoms with Gasteiger partial charge in [-0.05, 0) is 19.8 Å². The molecule has 0 aliphatic rings. The van der Waals surface area contributed by atoms with E-state index in [9.17, 15) is 4.79 Å². The van der Waals surface area contributed by atoms with Crippen LogP contribution in [0.5, 0.6) is 0 Å². The molecule has 0 saturated carbocycles. The van der Waals surface area contributed by atoms with Gasteiger partial charge in [0, 0.05) is 0 Å². The summed E-state index contributed by atoms with van der Waals surface area (Å²) in [5.41, 5.74) is 1.54. The molecule has 0 aromatic carbocycles. The summed E-state index contributed by atoms with van der Waals surface area (Å²) in [6.45, 7) is 7.50. The van der Waals surface area contributed by atoms with Crippen LogP contribution in [0.4, 0.5) is 5.82 Å². The van der Waals surface area contributed by atoms with Crippen LogP contribution in [0.2, 0.25) is 5.15 Å². The second-order valence-electron chi connectivity index (χ2n) is 4.42. The van der Waals surface area contributed by atoms with E-state index in [-0.39, 0.29) is 17.0 Å². The Kier molecular flexibility index (Phi) is 4.90. The van der Waals surface area contributed by atoms with Crippen molar-refractivity contribution < 1.29 is 9.53 Å². The highest BCUT2D eigenvalue weighted by Gasteiger charge is 2.24. The fraction of sp³-hybridized carbons (Fsp3) is 0.583. The zero-order chi connectivity index (χ0) is 13.9. The van der Waals surface area contributed by atoms with Crippen molar-refractivity contribution >= 4 is 23.4 Å². The van der Waals surface area contributed by atoms with Crippen LogP contribution in [0, 0.1) is 19.8 Å². The molecule has 5 nitrogen and oxygen atoms in total. The number of anilines is 1. The van der Waals surface area contributed by atoms with E-state index in [0.717, 1.165) is 11.4 Å². The number of ether oxygens (including phenoxy) is 1. The maximum Gasteiger partial charge on any atom is 0.328 e. The third-order valence-electron chi connectivity index (χ3n) is 2.68. The summed E-state index contributed by atoms with van der Waals surface area (Å²) in [6, 6.07) is -0.496. The number of aryl methyl sites for hydroxylation is 2. The zero-order valence-corrected chi connectivity index (χ0v) is 12.0. The van der Waals surface area contributed by atoms with Crippen molar-refractivity contribution in [1.82, 2.24) is 9.97 Å². The fourth-order valence-electron chi connectivity index (χ4n) is 1.44. The molecule has 6 heteroatoms. The van der Waals surface area contributed by atoms with Gasteiger partial charge < -0.3 is 10.1 Å². The van der Waals surface area contributed by atoms with Crippen molar-refractivity contribution in [2.75, 3.05) is 12.4 Å². The quantitative estimate of drug-likeness (QED) is 0.852. The highest BCUT2D eigenvalue weighted by molar-refractivity contribution is 6.31. The minimum absolute atomic E-state index is 0.0527. The highest BCUT2D eigenvalue weighted by Crippen LogP contribution is 2.21. The van der Waals surface area contributed by atoms with Gasteiger partial charge in [0.1, 0.15) is 6.04 Å². The first-order valence-corrected chi connectivity index (χ1v) is 6.09. The fourth-order valence-corrected chi connectivity index (χ4v) is 1.66. The van der Waals surface area contributed by atoms with Crippen LogP contribution in [0.15, 0.2) is 0 Å². The van der Waals surface area contributed by atoms with Gasteiger partial charge in [-0.25, -0.2) is 14.8 Å². The predicted molar refractivity (Wildman–Crippen MR) is 70.8 cm³/mol. The molecule has 0 spiro atoms. The average Bonchev–Trinajstić information content (AvgIpc) is 2.30. The molecule has 0 aliphatic carbocycles. The first kappa shape index (κ1) is 14.7. The van der Waals surface area contributed by atoms with Gasteiger partial charge in [-0.15, -0.1) is 0 Å². The molecule has 0 amide bonds. The Balaban J connectivity index is 3.01. The van der Waals surface area contributed by atoms with E-state index in [1.807, 2.05) is 27.7 Å². The largest absolute Gasteiger partial charge is 0.467 e. The minimum Gasteiger partial charge on any atom is -0.467 e. The lowest BCUT2D eigenvalue weighted by Gasteiger charge is -2.21. The molecular weight excluding hydrogens is 254 g/mol. The van der Waals surface area contributed by atoms with Crippen LogP contribution in [0.1, 0.15) is 25.2 Å². The number of nitrogens with one attached hydrogen (secondary N) is 1. The number of hydrogen-bond donors (Lipinski definition) is 1. The van der Waals surface area contributed by atoms with Crippen molar-refractivity contribution in [3.63, 3.8) is 0 Å². The molecule has 0 saturated heterocycles. The lowest BCUT2D eigenvalue weighted by atomic mass is 10.1. The highest BCUT2D eigenvalue weighted by atomic mass is 35.5. The molecule has 1 rings (SSSR count). The van der Waals surface area contributed by atoms with Crippen molar-refractivity contribution in [1.29, 1.82) is 0 Å². The molecule has 0 radical (unpaired) electrons. The van der Waals surface area contributed by atoms with Crippen molar-refractivity contribution in [3.8, 4) is 0 Å². The second kappa shape index (κ2) is 6.00. The van der Waals surface area contributed by atoms with Gasteiger partial charge >= 0.3 is 5.97 Å². The van der Waals surface area contributed by atoms with Gasteiger partial charge in [0.05, 0.1) is 18.5 Å². The molecule has 1 aromatic heterocycles. The number of methoxy groups -OCH3 is 1. The molecule has 1 N–H and O–H groups in total. The predicted octanol–water partition coefficient (Wildman–Crippen LogP) is 2.36. The van der Waals surface area contributed by atoms with Crippen LogP contribution in [0.25, 0.3) is 0 Å². The molecule has 1 unspecified atom stereocenters. The molecule has 18 heavy (non-hydrogen) atoms. The molecule has 0 bridgehead atoms. The number of halogens is 1. The van der Waals surface area contributed by atoms with Crippen LogP contribution in [-0.2, 0) is 9.53 Å². The molecule has 1 aromatic rings. The van der Waals surface area contributed by atoms with E-state index in [1.165, 1.54) is 7.11 Å².